The van der Waals surface area contributed by atoms with Gasteiger partial charge in [0.05, 0.1) is 5.02 Å². The van der Waals surface area contributed by atoms with E-state index in [4.69, 9.17) is 17.3 Å². The minimum Gasteiger partial charge on any atom is -0.328 e. The zero-order chi connectivity index (χ0) is 22.3. The summed E-state index contributed by atoms with van der Waals surface area (Å²) in [6.45, 7) is 4.09. The Balaban J connectivity index is 1.69. The molecule has 3 aromatic rings. The predicted molar refractivity (Wildman–Crippen MR) is 122 cm³/mol. The lowest BCUT2D eigenvalue weighted by atomic mass is 9.85. The van der Waals surface area contributed by atoms with Crippen LogP contribution in [0.25, 0.3) is 22.0 Å². The molecule has 1 saturated carbocycles. The van der Waals surface area contributed by atoms with Crippen molar-refractivity contribution in [3.63, 3.8) is 0 Å². The average Bonchev–Trinajstić information content (AvgIpc) is 3.06. The number of hydrogen-bond donors (Lipinski definition) is 2. The van der Waals surface area contributed by atoms with Gasteiger partial charge in [-0.25, -0.2) is 9.37 Å². The molecule has 2 heterocycles. The van der Waals surface area contributed by atoms with Crippen LogP contribution >= 0.6 is 11.6 Å². The molecule has 0 aliphatic heterocycles. The topological polar surface area (TPSA) is 85.8 Å². The number of aryl methyl sites for hydroxylation is 1. The van der Waals surface area contributed by atoms with Gasteiger partial charge in [-0.15, -0.1) is 0 Å². The third kappa shape index (κ3) is 4.29. The van der Waals surface area contributed by atoms with Gasteiger partial charge in [0.1, 0.15) is 11.3 Å². The molecule has 0 spiro atoms. The number of benzene rings is 1. The van der Waals surface area contributed by atoms with Gasteiger partial charge in [0.15, 0.2) is 5.82 Å². The number of amides is 1. The minimum atomic E-state index is -0.412. The molecule has 1 aromatic carbocycles. The maximum absolute atomic E-state index is 14.9. The number of nitrogens with zero attached hydrogens (tertiary/aromatic N) is 3. The minimum absolute atomic E-state index is 0.0579. The van der Waals surface area contributed by atoms with E-state index in [9.17, 15) is 9.18 Å². The lowest BCUT2D eigenvalue weighted by Crippen LogP contribution is -2.34. The van der Waals surface area contributed by atoms with Gasteiger partial charge in [-0.2, -0.15) is 5.10 Å². The van der Waals surface area contributed by atoms with Gasteiger partial charge in [-0.05, 0) is 48.9 Å². The standard InChI is InChI=1S/C23H27ClFN5O/c1-12(2)22-17-8-14(9-19(25)21(17)29-30(22)3)16-10-20(27-11-18(16)24)28-23(31)13-5-4-6-15(26)7-13/h8-13,15H,4-7,26H2,1-3H3,(H,27,28,31)/t13-,15+/m0/s1. The van der Waals surface area contributed by atoms with Crippen LogP contribution in [0.1, 0.15) is 51.1 Å². The van der Waals surface area contributed by atoms with Crippen LogP contribution in [-0.2, 0) is 11.8 Å². The van der Waals surface area contributed by atoms with Gasteiger partial charge < -0.3 is 11.1 Å². The molecule has 0 radical (unpaired) electrons. The Bertz CT molecular complexity index is 1140. The first-order valence-corrected chi connectivity index (χ1v) is 11.0. The van der Waals surface area contributed by atoms with E-state index in [1.165, 1.54) is 12.3 Å². The van der Waals surface area contributed by atoms with Crippen LogP contribution < -0.4 is 11.1 Å². The van der Waals surface area contributed by atoms with Crippen LogP contribution in [0.3, 0.4) is 0 Å². The van der Waals surface area contributed by atoms with Crippen molar-refractivity contribution >= 4 is 34.2 Å². The Hall–Kier alpha value is -2.51. The van der Waals surface area contributed by atoms with E-state index >= 15 is 0 Å². The molecular weight excluding hydrogens is 417 g/mol. The summed E-state index contributed by atoms with van der Waals surface area (Å²) in [7, 11) is 1.82. The normalized spacial score (nSPS) is 19.2. The fourth-order valence-electron chi connectivity index (χ4n) is 4.54. The molecule has 3 N–H and O–H groups in total. The highest BCUT2D eigenvalue weighted by molar-refractivity contribution is 6.33. The van der Waals surface area contributed by atoms with Crippen LogP contribution in [-0.4, -0.2) is 26.7 Å². The maximum atomic E-state index is 14.9. The first kappa shape index (κ1) is 21.7. The number of halogens is 2. The van der Waals surface area contributed by atoms with Crippen LogP contribution in [0.4, 0.5) is 10.2 Å². The van der Waals surface area contributed by atoms with Crippen molar-refractivity contribution in [3.05, 3.63) is 40.9 Å². The molecule has 0 bridgehead atoms. The van der Waals surface area contributed by atoms with Gasteiger partial charge in [0.25, 0.3) is 0 Å². The number of nitrogens with one attached hydrogen (secondary N) is 1. The quantitative estimate of drug-likeness (QED) is 0.593. The van der Waals surface area contributed by atoms with Crippen molar-refractivity contribution in [2.24, 2.45) is 18.7 Å². The molecule has 31 heavy (non-hydrogen) atoms. The summed E-state index contributed by atoms with van der Waals surface area (Å²) in [5, 5.41) is 8.35. The number of pyridine rings is 1. The number of anilines is 1. The third-order valence-electron chi connectivity index (χ3n) is 5.99. The van der Waals surface area contributed by atoms with Crippen molar-refractivity contribution in [3.8, 4) is 11.1 Å². The van der Waals surface area contributed by atoms with Gasteiger partial charge in [0.2, 0.25) is 5.91 Å². The van der Waals surface area contributed by atoms with Gasteiger partial charge in [0, 0.05) is 41.8 Å². The zero-order valence-electron chi connectivity index (χ0n) is 18.0. The van der Waals surface area contributed by atoms with Gasteiger partial charge in [-0.3, -0.25) is 9.48 Å². The molecule has 1 aliphatic carbocycles. The highest BCUT2D eigenvalue weighted by Crippen LogP contribution is 2.35. The molecule has 0 unspecified atom stereocenters. The van der Waals surface area contributed by atoms with Crippen molar-refractivity contribution in [2.75, 3.05) is 5.32 Å². The average molecular weight is 444 g/mol. The summed E-state index contributed by atoms with van der Waals surface area (Å²) in [5.41, 5.74) is 8.52. The van der Waals surface area contributed by atoms with Crippen LogP contribution in [0.2, 0.25) is 5.02 Å². The Morgan fingerprint density at radius 1 is 1.32 bits per heavy atom. The highest BCUT2D eigenvalue weighted by atomic mass is 35.5. The maximum Gasteiger partial charge on any atom is 0.228 e. The first-order chi connectivity index (χ1) is 14.7. The van der Waals surface area contributed by atoms with Crippen LogP contribution in [0.5, 0.6) is 0 Å². The van der Waals surface area contributed by atoms with Crippen LogP contribution in [0.15, 0.2) is 24.4 Å². The monoisotopic (exact) mass is 443 g/mol. The zero-order valence-corrected chi connectivity index (χ0v) is 18.7. The summed E-state index contributed by atoms with van der Waals surface area (Å²) >= 11 is 6.41. The number of carbonyl (C=O) groups is 1. The van der Waals surface area contributed by atoms with Crippen molar-refractivity contribution in [2.45, 2.75) is 51.5 Å². The number of rotatable bonds is 4. The van der Waals surface area contributed by atoms with E-state index in [0.29, 0.717) is 33.9 Å². The summed E-state index contributed by atoms with van der Waals surface area (Å²) in [4.78, 5) is 16.9. The molecule has 8 heteroatoms. The summed E-state index contributed by atoms with van der Waals surface area (Å²) < 4.78 is 16.6. The number of aromatic nitrogens is 3. The largest absolute Gasteiger partial charge is 0.328 e. The molecule has 1 aliphatic rings. The van der Waals surface area contributed by atoms with Crippen molar-refractivity contribution in [1.29, 1.82) is 0 Å². The Morgan fingerprint density at radius 2 is 2.10 bits per heavy atom. The molecule has 0 saturated heterocycles. The molecule has 2 atom stereocenters. The second-order valence-corrected chi connectivity index (χ2v) is 9.09. The molecule has 4 rings (SSSR count). The molecule has 164 valence electrons. The SMILES string of the molecule is CC(C)c1c2cc(-c3cc(NC(=O)[C@H]4CCC[C@@H](N)C4)ncc3Cl)cc(F)c2nn1C. The summed E-state index contributed by atoms with van der Waals surface area (Å²) in [6, 6.07) is 5.07. The fraction of sp³-hybridized carbons (Fsp3) is 0.435. The Kier molecular flexibility index (Phi) is 5.99. The lowest BCUT2D eigenvalue weighted by Gasteiger charge is -2.25. The first-order valence-electron chi connectivity index (χ1n) is 10.6. The van der Waals surface area contributed by atoms with E-state index in [2.05, 4.69) is 15.4 Å². The predicted octanol–water partition coefficient (Wildman–Crippen LogP) is 5.01. The second-order valence-electron chi connectivity index (χ2n) is 8.68. The number of nitrogens with two attached hydrogens (primary N) is 1. The molecular formula is C23H27ClFN5O. The van der Waals surface area contributed by atoms with Crippen molar-refractivity contribution in [1.82, 2.24) is 14.8 Å². The summed E-state index contributed by atoms with van der Waals surface area (Å²) in [5.74, 6) is -0.0624. The number of carbonyl (C=O) groups excluding carboxylic acids is 1. The lowest BCUT2D eigenvalue weighted by molar-refractivity contribution is -0.120. The molecule has 1 fully saturated rings. The second kappa shape index (κ2) is 8.55. The fourth-order valence-corrected chi connectivity index (χ4v) is 4.75. The van der Waals surface area contributed by atoms with E-state index in [-0.39, 0.29) is 23.8 Å². The van der Waals surface area contributed by atoms with E-state index < -0.39 is 5.82 Å². The van der Waals surface area contributed by atoms with Crippen LogP contribution in [0, 0.1) is 11.7 Å². The summed E-state index contributed by atoms with van der Waals surface area (Å²) in [6.07, 6.45) is 4.87. The third-order valence-corrected chi connectivity index (χ3v) is 6.29. The number of fused-ring (bicyclic) bond motifs is 1. The smallest absolute Gasteiger partial charge is 0.228 e. The molecule has 1 amide bonds. The number of hydrogen-bond acceptors (Lipinski definition) is 4. The Morgan fingerprint density at radius 3 is 2.81 bits per heavy atom. The molecule has 6 nitrogen and oxygen atoms in total. The highest BCUT2D eigenvalue weighted by Gasteiger charge is 2.26. The van der Waals surface area contributed by atoms with E-state index in [1.807, 2.05) is 27.0 Å². The Labute approximate surface area is 186 Å². The van der Waals surface area contributed by atoms with Crippen molar-refractivity contribution < 1.29 is 9.18 Å². The van der Waals surface area contributed by atoms with E-state index in [0.717, 1.165) is 30.3 Å². The van der Waals surface area contributed by atoms with E-state index in [1.54, 1.807) is 10.7 Å². The van der Waals surface area contributed by atoms with Gasteiger partial charge in [-0.1, -0.05) is 31.9 Å². The van der Waals surface area contributed by atoms with Gasteiger partial charge >= 0.3 is 0 Å². The molecule has 2 aromatic heterocycles.